The Morgan fingerprint density at radius 1 is 1.30 bits per heavy atom. The molecule has 6 nitrogen and oxygen atoms in total. The summed E-state index contributed by atoms with van der Waals surface area (Å²) in [5.74, 6) is 1.43. The molecule has 0 fully saturated rings. The van der Waals surface area contributed by atoms with Crippen LogP contribution in [0.15, 0.2) is 36.7 Å². The molecular weight excluding hydrogens is 252 g/mol. The molecule has 0 aliphatic heterocycles. The first kappa shape index (κ1) is 12.4. The zero-order valence-corrected chi connectivity index (χ0v) is 11.4. The van der Waals surface area contributed by atoms with E-state index < -0.39 is 0 Å². The monoisotopic (exact) mass is 268 g/mol. The lowest BCUT2D eigenvalue weighted by Crippen LogP contribution is -2.12. The van der Waals surface area contributed by atoms with Crippen molar-refractivity contribution in [2.45, 2.75) is 19.9 Å². The number of nitrogens with two attached hydrogens (primary N) is 1. The smallest absolute Gasteiger partial charge is 0.254 e. The minimum atomic E-state index is 0.0606. The van der Waals surface area contributed by atoms with Crippen LogP contribution >= 0.6 is 0 Å². The molecule has 0 saturated carbocycles. The number of rotatable bonds is 3. The van der Waals surface area contributed by atoms with Crippen LogP contribution in [0.1, 0.15) is 24.2 Å². The van der Waals surface area contributed by atoms with Gasteiger partial charge in [0.15, 0.2) is 0 Å². The van der Waals surface area contributed by atoms with E-state index in [1.165, 1.54) is 6.33 Å². The number of nitrogens with one attached hydrogen (secondary N) is 1. The van der Waals surface area contributed by atoms with Gasteiger partial charge in [-0.2, -0.15) is 14.6 Å². The molecule has 0 amide bonds. The van der Waals surface area contributed by atoms with Crippen molar-refractivity contribution in [1.29, 1.82) is 0 Å². The predicted molar refractivity (Wildman–Crippen MR) is 78.4 cm³/mol. The third-order valence-corrected chi connectivity index (χ3v) is 3.21. The number of anilines is 2. The average molecular weight is 268 g/mol. The molecule has 0 spiro atoms. The van der Waals surface area contributed by atoms with Gasteiger partial charge in [0, 0.05) is 17.4 Å². The fourth-order valence-electron chi connectivity index (χ4n) is 2.24. The quantitative estimate of drug-likeness (QED) is 0.712. The van der Waals surface area contributed by atoms with Crippen molar-refractivity contribution in [1.82, 2.24) is 19.6 Å². The second-order valence-corrected chi connectivity index (χ2v) is 4.75. The van der Waals surface area contributed by atoms with Gasteiger partial charge in [-0.15, -0.1) is 0 Å². The van der Waals surface area contributed by atoms with E-state index in [0.717, 1.165) is 22.8 Å². The summed E-state index contributed by atoms with van der Waals surface area (Å²) in [6.07, 6.45) is 1.49. The van der Waals surface area contributed by atoms with Crippen LogP contribution in [-0.2, 0) is 0 Å². The van der Waals surface area contributed by atoms with E-state index in [0.29, 0.717) is 5.78 Å². The highest BCUT2D eigenvalue weighted by Crippen LogP contribution is 2.23. The molecular formula is C14H16N6. The minimum absolute atomic E-state index is 0.0606. The van der Waals surface area contributed by atoms with Gasteiger partial charge >= 0.3 is 0 Å². The Morgan fingerprint density at radius 2 is 2.10 bits per heavy atom. The van der Waals surface area contributed by atoms with Crippen molar-refractivity contribution in [3.8, 4) is 0 Å². The van der Waals surface area contributed by atoms with Gasteiger partial charge in [0.25, 0.3) is 5.78 Å². The molecule has 2 aromatic heterocycles. The number of para-hydroxylation sites is 1. The number of aryl methyl sites for hydroxylation is 1. The first-order valence-corrected chi connectivity index (χ1v) is 6.43. The summed E-state index contributed by atoms with van der Waals surface area (Å²) in [6.45, 7) is 3.99. The normalized spacial score (nSPS) is 12.5. The second-order valence-electron chi connectivity index (χ2n) is 4.75. The third kappa shape index (κ3) is 2.16. The van der Waals surface area contributed by atoms with Crippen molar-refractivity contribution in [3.63, 3.8) is 0 Å². The Labute approximate surface area is 116 Å². The van der Waals surface area contributed by atoms with Gasteiger partial charge in [-0.3, -0.25) is 0 Å². The molecule has 0 radical (unpaired) electrons. The maximum absolute atomic E-state index is 6.01. The largest absolute Gasteiger partial charge is 0.398 e. The number of nitrogens with zero attached hydrogens (tertiary/aromatic N) is 4. The van der Waals surface area contributed by atoms with E-state index in [-0.39, 0.29) is 6.04 Å². The van der Waals surface area contributed by atoms with Crippen molar-refractivity contribution in [2.75, 3.05) is 11.1 Å². The fraction of sp³-hybridized carbons (Fsp3) is 0.214. The molecule has 0 saturated heterocycles. The number of hydrogen-bond donors (Lipinski definition) is 2. The first-order chi connectivity index (χ1) is 9.65. The van der Waals surface area contributed by atoms with E-state index in [2.05, 4.69) is 27.3 Å². The highest BCUT2D eigenvalue weighted by Gasteiger charge is 2.12. The van der Waals surface area contributed by atoms with Crippen molar-refractivity contribution in [3.05, 3.63) is 47.9 Å². The van der Waals surface area contributed by atoms with E-state index in [4.69, 9.17) is 5.73 Å². The molecule has 1 aromatic carbocycles. The van der Waals surface area contributed by atoms with Crippen molar-refractivity contribution < 1.29 is 0 Å². The van der Waals surface area contributed by atoms with Gasteiger partial charge in [0.2, 0.25) is 0 Å². The summed E-state index contributed by atoms with van der Waals surface area (Å²) >= 11 is 0. The zero-order valence-electron chi connectivity index (χ0n) is 11.4. The molecule has 6 heteroatoms. The Hall–Kier alpha value is -2.63. The summed E-state index contributed by atoms with van der Waals surface area (Å²) in [4.78, 5) is 8.43. The van der Waals surface area contributed by atoms with Crippen LogP contribution in [0.3, 0.4) is 0 Å². The molecule has 3 N–H and O–H groups in total. The number of benzene rings is 1. The maximum atomic E-state index is 6.01. The number of hydrogen-bond acceptors (Lipinski definition) is 5. The molecule has 3 rings (SSSR count). The summed E-state index contributed by atoms with van der Waals surface area (Å²) in [7, 11) is 0. The molecule has 0 aliphatic rings. The summed E-state index contributed by atoms with van der Waals surface area (Å²) in [5, 5.41) is 7.59. The predicted octanol–water partition coefficient (Wildman–Crippen LogP) is 2.19. The summed E-state index contributed by atoms with van der Waals surface area (Å²) in [6, 6.07) is 9.82. The van der Waals surface area contributed by atoms with Crippen LogP contribution in [0, 0.1) is 6.92 Å². The Bertz CT molecular complexity index is 748. The highest BCUT2D eigenvalue weighted by atomic mass is 15.4. The third-order valence-electron chi connectivity index (χ3n) is 3.21. The van der Waals surface area contributed by atoms with Gasteiger partial charge < -0.3 is 11.1 Å². The molecule has 2 heterocycles. The van der Waals surface area contributed by atoms with Crippen LogP contribution in [0.4, 0.5) is 11.5 Å². The van der Waals surface area contributed by atoms with Crippen LogP contribution in [-0.4, -0.2) is 19.6 Å². The summed E-state index contributed by atoms with van der Waals surface area (Å²) in [5.41, 5.74) is 8.72. The van der Waals surface area contributed by atoms with Gasteiger partial charge in [0.1, 0.15) is 12.1 Å². The molecule has 0 aliphatic carbocycles. The number of fused-ring (bicyclic) bond motifs is 1. The Balaban J connectivity index is 1.97. The number of nitrogen functional groups attached to an aromatic ring is 1. The average Bonchev–Trinajstić information content (AvgIpc) is 2.87. The lowest BCUT2D eigenvalue weighted by atomic mass is 10.1. The van der Waals surface area contributed by atoms with Gasteiger partial charge in [0.05, 0.1) is 6.04 Å². The zero-order chi connectivity index (χ0) is 14.1. The van der Waals surface area contributed by atoms with Gasteiger partial charge in [-0.25, -0.2) is 4.98 Å². The molecule has 1 unspecified atom stereocenters. The van der Waals surface area contributed by atoms with Gasteiger partial charge in [-0.1, -0.05) is 18.2 Å². The Kier molecular flexibility index (Phi) is 2.98. The molecule has 20 heavy (non-hydrogen) atoms. The molecule has 102 valence electrons. The molecule has 0 bridgehead atoms. The van der Waals surface area contributed by atoms with Gasteiger partial charge in [-0.05, 0) is 25.5 Å². The minimum Gasteiger partial charge on any atom is -0.398 e. The summed E-state index contributed by atoms with van der Waals surface area (Å²) < 4.78 is 1.68. The van der Waals surface area contributed by atoms with Crippen molar-refractivity contribution in [2.24, 2.45) is 0 Å². The molecule has 3 aromatic rings. The highest BCUT2D eigenvalue weighted by molar-refractivity contribution is 5.52. The fourth-order valence-corrected chi connectivity index (χ4v) is 2.24. The first-order valence-electron chi connectivity index (χ1n) is 6.43. The number of aromatic nitrogens is 4. The lowest BCUT2D eigenvalue weighted by molar-refractivity contribution is 0.839. The van der Waals surface area contributed by atoms with Crippen LogP contribution in [0.2, 0.25) is 0 Å². The standard InChI is InChI=1S/C14H16N6/c1-9-7-13(20-14(18-9)16-8-17-20)19-10(2)11-5-3-4-6-12(11)15/h3-8,10,19H,15H2,1-2H3. The maximum Gasteiger partial charge on any atom is 0.254 e. The van der Waals surface area contributed by atoms with Crippen LogP contribution < -0.4 is 11.1 Å². The van der Waals surface area contributed by atoms with E-state index >= 15 is 0 Å². The van der Waals surface area contributed by atoms with Crippen LogP contribution in [0.5, 0.6) is 0 Å². The lowest BCUT2D eigenvalue weighted by Gasteiger charge is -2.18. The van der Waals surface area contributed by atoms with Crippen LogP contribution in [0.25, 0.3) is 5.78 Å². The van der Waals surface area contributed by atoms with E-state index in [1.807, 2.05) is 37.3 Å². The molecule has 1 atom stereocenters. The topological polar surface area (TPSA) is 81.1 Å². The Morgan fingerprint density at radius 3 is 2.90 bits per heavy atom. The van der Waals surface area contributed by atoms with E-state index in [9.17, 15) is 0 Å². The van der Waals surface area contributed by atoms with E-state index in [1.54, 1.807) is 4.52 Å². The van der Waals surface area contributed by atoms with Crippen molar-refractivity contribution >= 4 is 17.3 Å². The second kappa shape index (κ2) is 4.80. The SMILES string of the molecule is Cc1cc(NC(C)c2ccccc2N)n2ncnc2n1.